The van der Waals surface area contributed by atoms with Crippen LogP contribution in [0.3, 0.4) is 0 Å². The molecule has 0 aliphatic carbocycles. The summed E-state index contributed by atoms with van der Waals surface area (Å²) in [5.41, 5.74) is 2.92. The van der Waals surface area contributed by atoms with Gasteiger partial charge in [0.2, 0.25) is 0 Å². The van der Waals surface area contributed by atoms with E-state index in [1.165, 1.54) is 5.56 Å². The van der Waals surface area contributed by atoms with Crippen LogP contribution in [0, 0.1) is 0 Å². The summed E-state index contributed by atoms with van der Waals surface area (Å²) in [5, 5.41) is 0. The maximum atomic E-state index is 13.4. The third-order valence-corrected chi connectivity index (χ3v) is 7.57. The SMILES string of the molecule is CN(C(=O)N1CCc2cc(S(=O)(=O)Nc3ccccc3)ccc21)C(C)(C)Cc1ccccc1. The highest BCUT2D eigenvalue weighted by molar-refractivity contribution is 7.92. The standard InChI is InChI=1S/C26H29N3O3S/c1-26(2,19-20-10-6-4-7-11-20)28(3)25(30)29-17-16-21-18-23(14-15-24(21)29)33(31,32)27-22-12-8-5-9-13-22/h4-15,18,27H,16-17,19H2,1-3H3. The van der Waals surface area contributed by atoms with Gasteiger partial charge >= 0.3 is 6.03 Å². The maximum Gasteiger partial charge on any atom is 0.324 e. The van der Waals surface area contributed by atoms with Crippen LogP contribution >= 0.6 is 0 Å². The highest BCUT2D eigenvalue weighted by Crippen LogP contribution is 2.33. The lowest BCUT2D eigenvalue weighted by molar-refractivity contribution is 0.162. The molecule has 2 amide bonds. The number of sulfonamides is 1. The average Bonchev–Trinajstić information content (AvgIpc) is 3.22. The van der Waals surface area contributed by atoms with E-state index in [1.54, 1.807) is 52.3 Å². The van der Waals surface area contributed by atoms with E-state index in [-0.39, 0.29) is 16.5 Å². The summed E-state index contributed by atoms with van der Waals surface area (Å²) >= 11 is 0. The Morgan fingerprint density at radius 1 is 1.00 bits per heavy atom. The fraction of sp³-hybridized carbons (Fsp3) is 0.269. The Morgan fingerprint density at radius 2 is 1.64 bits per heavy atom. The summed E-state index contributed by atoms with van der Waals surface area (Å²) in [7, 11) is -1.89. The summed E-state index contributed by atoms with van der Waals surface area (Å²) in [5.74, 6) is 0. The molecule has 0 spiro atoms. The molecule has 1 N–H and O–H groups in total. The largest absolute Gasteiger partial charge is 0.324 e. The Kier molecular flexibility index (Phi) is 6.17. The van der Waals surface area contributed by atoms with Crippen molar-refractivity contribution in [3.63, 3.8) is 0 Å². The van der Waals surface area contributed by atoms with Crippen LogP contribution in [0.4, 0.5) is 16.2 Å². The zero-order valence-electron chi connectivity index (χ0n) is 19.2. The monoisotopic (exact) mass is 463 g/mol. The van der Waals surface area contributed by atoms with Crippen molar-refractivity contribution >= 4 is 27.4 Å². The van der Waals surface area contributed by atoms with E-state index in [9.17, 15) is 13.2 Å². The minimum Gasteiger partial charge on any atom is -0.322 e. The maximum absolute atomic E-state index is 13.4. The van der Waals surface area contributed by atoms with Crippen molar-refractivity contribution in [3.05, 3.63) is 90.0 Å². The molecule has 7 heteroatoms. The van der Waals surface area contributed by atoms with Gasteiger partial charge in [-0.3, -0.25) is 9.62 Å². The average molecular weight is 464 g/mol. The molecule has 0 saturated heterocycles. The lowest BCUT2D eigenvalue weighted by atomic mass is 9.93. The molecular weight excluding hydrogens is 434 g/mol. The summed E-state index contributed by atoms with van der Waals surface area (Å²) in [6.07, 6.45) is 1.35. The van der Waals surface area contributed by atoms with Crippen LogP contribution in [0.5, 0.6) is 0 Å². The topological polar surface area (TPSA) is 69.7 Å². The van der Waals surface area contributed by atoms with Gasteiger partial charge in [0.05, 0.1) is 4.90 Å². The number of benzene rings is 3. The number of para-hydroxylation sites is 1. The molecule has 0 bridgehead atoms. The van der Waals surface area contributed by atoms with Crippen molar-refractivity contribution in [3.8, 4) is 0 Å². The number of likely N-dealkylation sites (N-methyl/N-ethyl adjacent to an activating group) is 1. The van der Waals surface area contributed by atoms with Gasteiger partial charge in [-0.05, 0) is 68.1 Å². The lowest BCUT2D eigenvalue weighted by Crippen LogP contribution is -2.52. The third kappa shape index (κ3) is 4.88. The number of nitrogens with one attached hydrogen (secondary N) is 1. The molecule has 172 valence electrons. The second-order valence-electron chi connectivity index (χ2n) is 8.98. The van der Waals surface area contributed by atoms with E-state index in [2.05, 4.69) is 30.7 Å². The molecule has 0 unspecified atom stereocenters. The van der Waals surface area contributed by atoms with Gasteiger partial charge in [0.15, 0.2) is 0 Å². The Hall–Kier alpha value is -3.32. The molecule has 3 aromatic rings. The molecule has 3 aromatic carbocycles. The molecule has 1 aliphatic heterocycles. The zero-order chi connectivity index (χ0) is 23.6. The van der Waals surface area contributed by atoms with Crippen molar-refractivity contribution in [2.24, 2.45) is 0 Å². The van der Waals surface area contributed by atoms with Crippen molar-refractivity contribution < 1.29 is 13.2 Å². The van der Waals surface area contributed by atoms with Crippen molar-refractivity contribution in [1.82, 2.24) is 4.90 Å². The number of fused-ring (bicyclic) bond motifs is 1. The second-order valence-corrected chi connectivity index (χ2v) is 10.7. The Labute approximate surface area is 195 Å². The van der Waals surface area contributed by atoms with Gasteiger partial charge < -0.3 is 4.90 Å². The van der Waals surface area contributed by atoms with Crippen LogP contribution in [-0.2, 0) is 22.9 Å². The van der Waals surface area contributed by atoms with Gasteiger partial charge in [-0.15, -0.1) is 0 Å². The van der Waals surface area contributed by atoms with Crippen LogP contribution in [0.25, 0.3) is 0 Å². The summed E-state index contributed by atoms with van der Waals surface area (Å²) in [6, 6.07) is 23.8. The first-order valence-electron chi connectivity index (χ1n) is 11.0. The number of urea groups is 1. The first kappa shape index (κ1) is 22.9. The van der Waals surface area contributed by atoms with Gasteiger partial charge in [-0.2, -0.15) is 0 Å². The molecule has 0 aromatic heterocycles. The number of carbonyl (C=O) groups excluding carboxylic acids is 1. The summed E-state index contributed by atoms with van der Waals surface area (Å²) in [6.45, 7) is 4.63. The van der Waals surface area contributed by atoms with Gasteiger partial charge in [0, 0.05) is 30.5 Å². The number of hydrogen-bond donors (Lipinski definition) is 1. The smallest absolute Gasteiger partial charge is 0.322 e. The van der Waals surface area contributed by atoms with Gasteiger partial charge in [-0.25, -0.2) is 13.2 Å². The number of amides is 2. The molecule has 6 nitrogen and oxygen atoms in total. The molecule has 4 rings (SSSR count). The van der Waals surface area contributed by atoms with Crippen LogP contribution in [0.2, 0.25) is 0 Å². The first-order chi connectivity index (χ1) is 15.7. The number of rotatable bonds is 6. The molecule has 0 radical (unpaired) electrons. The number of hydrogen-bond acceptors (Lipinski definition) is 3. The van der Waals surface area contributed by atoms with Crippen LogP contribution in [-0.4, -0.2) is 38.5 Å². The third-order valence-electron chi connectivity index (χ3n) is 6.19. The quantitative estimate of drug-likeness (QED) is 0.564. The van der Waals surface area contributed by atoms with Crippen molar-refractivity contribution in [2.45, 2.75) is 37.1 Å². The molecule has 1 heterocycles. The highest BCUT2D eigenvalue weighted by Gasteiger charge is 2.34. The first-order valence-corrected chi connectivity index (χ1v) is 12.5. The van der Waals surface area contributed by atoms with Crippen LogP contribution < -0.4 is 9.62 Å². The number of nitrogens with zero attached hydrogens (tertiary/aromatic N) is 2. The van der Waals surface area contributed by atoms with Gasteiger partial charge in [-0.1, -0.05) is 48.5 Å². The summed E-state index contributed by atoms with van der Waals surface area (Å²) < 4.78 is 28.3. The van der Waals surface area contributed by atoms with Gasteiger partial charge in [0.1, 0.15) is 0 Å². The van der Waals surface area contributed by atoms with E-state index in [1.807, 2.05) is 31.3 Å². The molecule has 0 saturated carbocycles. The molecule has 0 atom stereocenters. The molecule has 33 heavy (non-hydrogen) atoms. The Morgan fingerprint density at radius 3 is 2.30 bits per heavy atom. The van der Waals surface area contributed by atoms with Gasteiger partial charge in [0.25, 0.3) is 10.0 Å². The predicted molar refractivity (Wildman–Crippen MR) is 132 cm³/mol. The van der Waals surface area contributed by atoms with Crippen LogP contribution in [0.1, 0.15) is 25.0 Å². The van der Waals surface area contributed by atoms with E-state index < -0.39 is 10.0 Å². The van der Waals surface area contributed by atoms with E-state index in [0.29, 0.717) is 18.7 Å². The molecule has 0 fully saturated rings. The van der Waals surface area contributed by atoms with E-state index in [0.717, 1.165) is 17.7 Å². The fourth-order valence-corrected chi connectivity index (χ4v) is 5.23. The number of carbonyl (C=O) groups is 1. The van der Waals surface area contributed by atoms with Crippen LogP contribution in [0.15, 0.2) is 83.8 Å². The molecular formula is C26H29N3O3S. The predicted octanol–water partition coefficient (Wildman–Crippen LogP) is 4.92. The van der Waals surface area contributed by atoms with E-state index >= 15 is 0 Å². The minimum absolute atomic E-state index is 0.0901. The lowest BCUT2D eigenvalue weighted by Gasteiger charge is -2.38. The molecule has 1 aliphatic rings. The Bertz CT molecular complexity index is 1240. The fourth-order valence-electron chi connectivity index (χ4n) is 4.12. The highest BCUT2D eigenvalue weighted by atomic mass is 32.2. The normalized spacial score (nSPS) is 13.5. The second kappa shape index (κ2) is 8.90. The minimum atomic E-state index is -3.71. The van der Waals surface area contributed by atoms with E-state index in [4.69, 9.17) is 0 Å². The van der Waals surface area contributed by atoms with Crippen molar-refractivity contribution in [2.75, 3.05) is 23.2 Å². The number of anilines is 2. The zero-order valence-corrected chi connectivity index (χ0v) is 20.0. The summed E-state index contributed by atoms with van der Waals surface area (Å²) in [4.78, 5) is 17.1. The van der Waals surface area contributed by atoms with Crippen molar-refractivity contribution in [1.29, 1.82) is 0 Å². The Balaban J connectivity index is 1.52.